The van der Waals surface area contributed by atoms with Gasteiger partial charge in [-0.1, -0.05) is 36.4 Å². The van der Waals surface area contributed by atoms with Gasteiger partial charge in [0.15, 0.2) is 11.5 Å². The number of esters is 1. The standard InChI is InChI=1S/C33H37N3O8/c1-19(37)35-24-13-11-21-16-28(41-2)31(42-3)32(43-4)30(21)22-12-14-25(27(38)17-23(22)24)34-18-29(39)36-26(33(40)44-5)15-20-9-7-6-8-10-20/h6-10,12,14,16-17,24,26H,11,13,15,18H2,1-5H3,(H,34,38)(H,35,37)(H,36,39)/t24-,26-/m1/s1. The number of nitrogens with one attached hydrogen (secondary N) is 3. The maximum absolute atomic E-state index is 13.5. The number of methoxy groups -OCH3 is 4. The third-order valence-electron chi connectivity index (χ3n) is 7.46. The van der Waals surface area contributed by atoms with Crippen molar-refractivity contribution in [2.24, 2.45) is 0 Å². The largest absolute Gasteiger partial charge is 0.493 e. The molecule has 1 aliphatic carbocycles. The molecule has 11 heteroatoms. The quantitative estimate of drug-likeness (QED) is 0.282. The molecule has 11 nitrogen and oxygen atoms in total. The second-order valence-corrected chi connectivity index (χ2v) is 10.3. The summed E-state index contributed by atoms with van der Waals surface area (Å²) in [7, 11) is 5.85. The molecule has 0 bridgehead atoms. The number of aryl methyl sites for hydroxylation is 1. The summed E-state index contributed by atoms with van der Waals surface area (Å²) in [6.07, 6.45) is 1.33. The lowest BCUT2D eigenvalue weighted by atomic mass is 9.95. The number of amides is 2. The summed E-state index contributed by atoms with van der Waals surface area (Å²) in [5.74, 6) is 0.0228. The number of hydrogen-bond acceptors (Lipinski definition) is 9. The highest BCUT2D eigenvalue weighted by Gasteiger charge is 2.29. The van der Waals surface area contributed by atoms with Gasteiger partial charge >= 0.3 is 5.97 Å². The SMILES string of the molecule is COC(=O)[C@@H](Cc1ccccc1)NC(=O)CNc1ccc2c(cc1=O)[C@H](NC(C)=O)CCc1cc(OC)c(OC)c(OC)c1-2. The average Bonchev–Trinajstić information content (AvgIpc) is 3.26. The summed E-state index contributed by atoms with van der Waals surface area (Å²) >= 11 is 0. The zero-order chi connectivity index (χ0) is 31.8. The van der Waals surface area contributed by atoms with Crippen LogP contribution in [0, 0.1) is 0 Å². The van der Waals surface area contributed by atoms with Crippen LogP contribution >= 0.6 is 0 Å². The molecule has 1 aliphatic rings. The number of fused-ring (bicyclic) bond motifs is 3. The predicted octanol–water partition coefficient (Wildman–Crippen LogP) is 3.18. The second kappa shape index (κ2) is 14.4. The van der Waals surface area contributed by atoms with E-state index in [1.807, 2.05) is 36.4 Å². The Morgan fingerprint density at radius 2 is 1.66 bits per heavy atom. The van der Waals surface area contributed by atoms with Crippen LogP contribution < -0.4 is 35.6 Å². The van der Waals surface area contributed by atoms with E-state index in [1.165, 1.54) is 34.3 Å². The van der Waals surface area contributed by atoms with Crippen LogP contribution in [0.3, 0.4) is 0 Å². The minimum atomic E-state index is -0.902. The van der Waals surface area contributed by atoms with Gasteiger partial charge in [0.2, 0.25) is 23.0 Å². The van der Waals surface area contributed by atoms with Crippen LogP contribution in [0.1, 0.15) is 36.1 Å². The lowest BCUT2D eigenvalue weighted by molar-refractivity contribution is -0.144. The normalized spacial score (nSPS) is 14.1. The number of ether oxygens (including phenoxy) is 4. The van der Waals surface area contributed by atoms with Gasteiger partial charge in [0, 0.05) is 18.9 Å². The number of carbonyl (C=O) groups excluding carboxylic acids is 3. The summed E-state index contributed by atoms with van der Waals surface area (Å²) in [6, 6.07) is 14.6. The predicted molar refractivity (Wildman–Crippen MR) is 165 cm³/mol. The van der Waals surface area contributed by atoms with Gasteiger partial charge in [0.25, 0.3) is 0 Å². The summed E-state index contributed by atoms with van der Waals surface area (Å²) in [5.41, 5.74) is 3.51. The van der Waals surface area contributed by atoms with Crippen LogP contribution in [0.2, 0.25) is 0 Å². The zero-order valence-corrected chi connectivity index (χ0v) is 25.4. The molecule has 4 rings (SSSR count). The first-order valence-corrected chi connectivity index (χ1v) is 14.1. The first kappa shape index (κ1) is 31.9. The van der Waals surface area contributed by atoms with E-state index < -0.39 is 24.0 Å². The Hall–Kier alpha value is -5.06. The molecule has 0 saturated carbocycles. The molecule has 3 aromatic carbocycles. The van der Waals surface area contributed by atoms with E-state index >= 15 is 0 Å². The lowest BCUT2D eigenvalue weighted by Crippen LogP contribution is -2.45. The van der Waals surface area contributed by atoms with Crippen LogP contribution in [0.4, 0.5) is 5.69 Å². The Morgan fingerprint density at radius 3 is 2.30 bits per heavy atom. The van der Waals surface area contributed by atoms with E-state index in [0.29, 0.717) is 46.8 Å². The average molecular weight is 604 g/mol. The number of anilines is 1. The Bertz CT molecular complexity index is 1590. The van der Waals surface area contributed by atoms with Gasteiger partial charge < -0.3 is 34.9 Å². The number of rotatable bonds is 11. The Labute approximate surface area is 255 Å². The van der Waals surface area contributed by atoms with E-state index in [2.05, 4.69) is 16.0 Å². The topological polar surface area (TPSA) is 141 Å². The van der Waals surface area contributed by atoms with Crippen molar-refractivity contribution in [3.8, 4) is 28.4 Å². The fraction of sp³-hybridized carbons (Fsp3) is 0.333. The third kappa shape index (κ3) is 7.11. The Kier molecular flexibility index (Phi) is 10.4. The van der Waals surface area contributed by atoms with Crippen molar-refractivity contribution in [3.63, 3.8) is 0 Å². The Balaban J connectivity index is 1.69. The monoisotopic (exact) mass is 603 g/mol. The van der Waals surface area contributed by atoms with Crippen molar-refractivity contribution in [2.75, 3.05) is 40.3 Å². The van der Waals surface area contributed by atoms with Crippen LogP contribution in [0.15, 0.2) is 59.4 Å². The van der Waals surface area contributed by atoms with Crippen molar-refractivity contribution < 1.29 is 33.3 Å². The van der Waals surface area contributed by atoms with E-state index in [9.17, 15) is 19.2 Å². The first-order valence-electron chi connectivity index (χ1n) is 14.1. The molecule has 0 radical (unpaired) electrons. The molecule has 0 heterocycles. The van der Waals surface area contributed by atoms with Gasteiger partial charge in [-0.25, -0.2) is 4.79 Å². The van der Waals surface area contributed by atoms with Crippen LogP contribution in [0.5, 0.6) is 17.2 Å². The van der Waals surface area contributed by atoms with Crippen molar-refractivity contribution in [1.29, 1.82) is 0 Å². The lowest BCUT2D eigenvalue weighted by Gasteiger charge is -2.19. The van der Waals surface area contributed by atoms with Crippen molar-refractivity contribution in [1.82, 2.24) is 10.6 Å². The number of carbonyl (C=O) groups is 3. The summed E-state index contributed by atoms with van der Waals surface area (Å²) in [5, 5.41) is 8.56. The minimum absolute atomic E-state index is 0.161. The third-order valence-corrected chi connectivity index (χ3v) is 7.46. The molecule has 0 aromatic heterocycles. The fourth-order valence-electron chi connectivity index (χ4n) is 5.46. The maximum atomic E-state index is 13.5. The Morgan fingerprint density at radius 1 is 0.932 bits per heavy atom. The highest BCUT2D eigenvalue weighted by atomic mass is 16.5. The molecule has 3 N–H and O–H groups in total. The van der Waals surface area contributed by atoms with Gasteiger partial charge in [-0.3, -0.25) is 14.4 Å². The van der Waals surface area contributed by atoms with Gasteiger partial charge in [-0.2, -0.15) is 0 Å². The molecule has 232 valence electrons. The maximum Gasteiger partial charge on any atom is 0.328 e. The molecule has 2 amide bonds. The molecular weight excluding hydrogens is 566 g/mol. The summed E-state index contributed by atoms with van der Waals surface area (Å²) in [6.45, 7) is 1.16. The second-order valence-electron chi connectivity index (χ2n) is 10.3. The fourth-order valence-corrected chi connectivity index (χ4v) is 5.46. The highest BCUT2D eigenvalue weighted by Crippen LogP contribution is 2.50. The molecule has 0 fully saturated rings. The molecule has 2 atom stereocenters. The van der Waals surface area contributed by atoms with Crippen LogP contribution in [0.25, 0.3) is 11.1 Å². The first-order chi connectivity index (χ1) is 21.2. The van der Waals surface area contributed by atoms with Gasteiger partial charge in [0.1, 0.15) is 6.04 Å². The molecule has 44 heavy (non-hydrogen) atoms. The number of benzene rings is 2. The van der Waals surface area contributed by atoms with Gasteiger partial charge in [0.05, 0.1) is 46.7 Å². The molecular formula is C33H37N3O8. The van der Waals surface area contributed by atoms with Crippen LogP contribution in [-0.2, 0) is 32.0 Å². The molecule has 0 spiro atoms. The zero-order valence-electron chi connectivity index (χ0n) is 25.4. The molecule has 3 aromatic rings. The van der Waals surface area contributed by atoms with Gasteiger partial charge in [-0.05, 0) is 53.3 Å². The summed E-state index contributed by atoms with van der Waals surface area (Å²) in [4.78, 5) is 51.0. The van der Waals surface area contributed by atoms with Crippen molar-refractivity contribution in [3.05, 3.63) is 81.5 Å². The smallest absolute Gasteiger partial charge is 0.328 e. The highest BCUT2D eigenvalue weighted by molar-refractivity contribution is 5.87. The van der Waals surface area contributed by atoms with Crippen molar-refractivity contribution >= 4 is 23.5 Å². The van der Waals surface area contributed by atoms with Crippen molar-refractivity contribution in [2.45, 2.75) is 38.3 Å². The minimum Gasteiger partial charge on any atom is -0.493 e. The van der Waals surface area contributed by atoms with E-state index in [-0.39, 0.29) is 30.0 Å². The van der Waals surface area contributed by atoms with E-state index in [4.69, 9.17) is 18.9 Å². The molecule has 0 saturated heterocycles. The van der Waals surface area contributed by atoms with Crippen LogP contribution in [-0.4, -0.2) is 58.8 Å². The van der Waals surface area contributed by atoms with E-state index in [0.717, 1.165) is 11.1 Å². The molecule has 0 unspecified atom stereocenters. The van der Waals surface area contributed by atoms with E-state index in [1.54, 1.807) is 19.2 Å². The number of hydrogen-bond donors (Lipinski definition) is 3. The summed E-state index contributed by atoms with van der Waals surface area (Å²) < 4.78 is 21.9. The molecule has 0 aliphatic heterocycles. The van der Waals surface area contributed by atoms with Gasteiger partial charge in [-0.15, -0.1) is 0 Å².